The van der Waals surface area contributed by atoms with Gasteiger partial charge >= 0.3 is 0 Å². The molecule has 0 unspecified atom stereocenters. The van der Waals surface area contributed by atoms with Crippen molar-refractivity contribution in [3.8, 4) is 0 Å². The van der Waals surface area contributed by atoms with Crippen LogP contribution in [0, 0.1) is 10.1 Å². The highest BCUT2D eigenvalue weighted by Gasteiger charge is 2.11. The maximum atomic E-state index is 12.0. The largest absolute Gasteiger partial charge is 0.322 e. The highest BCUT2D eigenvalue weighted by molar-refractivity contribution is 6.17. The van der Waals surface area contributed by atoms with E-state index in [1.54, 1.807) is 18.2 Å². The van der Waals surface area contributed by atoms with Crippen molar-refractivity contribution in [2.45, 2.75) is 5.88 Å². The highest BCUT2D eigenvalue weighted by atomic mass is 35.5. The summed E-state index contributed by atoms with van der Waals surface area (Å²) < 4.78 is 0. The van der Waals surface area contributed by atoms with Gasteiger partial charge in [0.25, 0.3) is 11.6 Å². The lowest BCUT2D eigenvalue weighted by Crippen LogP contribution is -2.12. The quantitative estimate of drug-likeness (QED) is 0.531. The van der Waals surface area contributed by atoms with Gasteiger partial charge < -0.3 is 5.32 Å². The molecule has 0 heterocycles. The predicted octanol–water partition coefficient (Wildman–Crippen LogP) is 3.59. The Morgan fingerprint density at radius 1 is 1.20 bits per heavy atom. The molecule has 2 aromatic carbocycles. The zero-order chi connectivity index (χ0) is 14.5. The minimum absolute atomic E-state index is 0.118. The molecule has 2 rings (SSSR count). The lowest BCUT2D eigenvalue weighted by Gasteiger charge is -2.06. The van der Waals surface area contributed by atoms with E-state index in [9.17, 15) is 14.9 Å². The molecule has 0 bridgehead atoms. The Hall–Kier alpha value is -2.40. The maximum absolute atomic E-state index is 12.0. The van der Waals surface area contributed by atoms with Gasteiger partial charge in [-0.25, -0.2) is 0 Å². The van der Waals surface area contributed by atoms with Gasteiger partial charge in [-0.3, -0.25) is 14.9 Å². The molecule has 1 N–H and O–H groups in total. The lowest BCUT2D eigenvalue weighted by atomic mass is 10.1. The van der Waals surface area contributed by atoms with Gasteiger partial charge in [-0.1, -0.05) is 18.2 Å². The van der Waals surface area contributed by atoms with Gasteiger partial charge in [-0.15, -0.1) is 11.6 Å². The van der Waals surface area contributed by atoms with E-state index < -0.39 is 10.8 Å². The molecule has 1 amide bonds. The summed E-state index contributed by atoms with van der Waals surface area (Å²) in [6, 6.07) is 12.7. The van der Waals surface area contributed by atoms with E-state index in [0.29, 0.717) is 11.6 Å². The van der Waals surface area contributed by atoms with Gasteiger partial charge in [0.2, 0.25) is 0 Å². The second kappa shape index (κ2) is 6.16. The molecule has 0 saturated carbocycles. The van der Waals surface area contributed by atoms with Gasteiger partial charge in [0.1, 0.15) is 0 Å². The third kappa shape index (κ3) is 3.33. The van der Waals surface area contributed by atoms with Crippen LogP contribution in [0.3, 0.4) is 0 Å². The van der Waals surface area contributed by atoms with E-state index in [2.05, 4.69) is 5.32 Å². The van der Waals surface area contributed by atoms with Gasteiger partial charge in [-0.2, -0.15) is 0 Å². The van der Waals surface area contributed by atoms with Crippen LogP contribution < -0.4 is 5.32 Å². The second-order valence-corrected chi connectivity index (χ2v) is 4.36. The molecule has 0 aliphatic heterocycles. The van der Waals surface area contributed by atoms with Crippen molar-refractivity contribution in [3.05, 3.63) is 69.8 Å². The number of nitro benzene ring substituents is 1. The highest BCUT2D eigenvalue weighted by Crippen LogP contribution is 2.16. The van der Waals surface area contributed by atoms with Crippen LogP contribution in [0.5, 0.6) is 0 Å². The molecular formula is C14H11ClN2O3. The first-order valence-electron chi connectivity index (χ1n) is 5.81. The Bertz CT molecular complexity index is 658. The topological polar surface area (TPSA) is 72.2 Å². The zero-order valence-corrected chi connectivity index (χ0v) is 11.1. The molecule has 6 heteroatoms. The number of rotatable bonds is 4. The van der Waals surface area contributed by atoms with Crippen LogP contribution in [0.1, 0.15) is 15.9 Å². The third-order valence-corrected chi connectivity index (χ3v) is 2.97. The van der Waals surface area contributed by atoms with Crippen LogP contribution in [0.4, 0.5) is 11.4 Å². The summed E-state index contributed by atoms with van der Waals surface area (Å²) >= 11 is 5.72. The monoisotopic (exact) mass is 290 g/mol. The average Bonchev–Trinajstić information content (AvgIpc) is 2.47. The Balaban J connectivity index is 2.19. The molecular weight excluding hydrogens is 280 g/mol. The fraction of sp³-hybridized carbons (Fsp3) is 0.0714. The number of hydrogen-bond donors (Lipinski definition) is 1. The number of benzene rings is 2. The molecule has 5 nitrogen and oxygen atoms in total. The van der Waals surface area contributed by atoms with Crippen molar-refractivity contribution in [1.29, 1.82) is 0 Å². The number of carbonyl (C=O) groups excluding carboxylic acids is 1. The van der Waals surface area contributed by atoms with Crippen LogP contribution in [-0.2, 0) is 5.88 Å². The molecule has 0 aliphatic carbocycles. The molecule has 20 heavy (non-hydrogen) atoms. The lowest BCUT2D eigenvalue weighted by molar-refractivity contribution is -0.384. The first kappa shape index (κ1) is 14.0. The normalized spacial score (nSPS) is 10.1. The summed E-state index contributed by atoms with van der Waals surface area (Å²) in [5.41, 5.74) is 1.59. The summed E-state index contributed by atoms with van der Waals surface area (Å²) in [5.74, 6) is -0.0546. The molecule has 0 radical (unpaired) electrons. The molecule has 0 fully saturated rings. The number of halogens is 1. The maximum Gasteiger partial charge on any atom is 0.270 e. The molecule has 0 spiro atoms. The number of anilines is 1. The van der Waals surface area contributed by atoms with Crippen LogP contribution in [0.15, 0.2) is 48.5 Å². The van der Waals surface area contributed by atoms with Crippen molar-refractivity contribution >= 4 is 28.9 Å². The summed E-state index contributed by atoms with van der Waals surface area (Å²) in [6.07, 6.45) is 0. The number of alkyl halides is 1. The average molecular weight is 291 g/mol. The van der Waals surface area contributed by atoms with Crippen LogP contribution in [0.25, 0.3) is 0 Å². The van der Waals surface area contributed by atoms with Gasteiger partial charge in [0, 0.05) is 29.3 Å². The number of nitrogens with one attached hydrogen (secondary N) is 1. The van der Waals surface area contributed by atoms with E-state index in [1.165, 1.54) is 24.3 Å². The third-order valence-electron chi connectivity index (χ3n) is 2.66. The summed E-state index contributed by atoms with van der Waals surface area (Å²) in [7, 11) is 0. The van der Waals surface area contributed by atoms with Crippen LogP contribution in [-0.4, -0.2) is 10.8 Å². The summed E-state index contributed by atoms with van der Waals surface area (Å²) in [5, 5.41) is 13.4. The Morgan fingerprint density at radius 2 is 1.95 bits per heavy atom. The van der Waals surface area contributed by atoms with E-state index in [1.807, 2.05) is 6.07 Å². The van der Waals surface area contributed by atoms with Gasteiger partial charge in [0.05, 0.1) is 4.92 Å². The van der Waals surface area contributed by atoms with Crippen LogP contribution >= 0.6 is 11.6 Å². The van der Waals surface area contributed by atoms with Crippen LogP contribution in [0.2, 0.25) is 0 Å². The Morgan fingerprint density at radius 3 is 2.65 bits per heavy atom. The van der Waals surface area contributed by atoms with Crippen molar-refractivity contribution in [2.75, 3.05) is 5.32 Å². The van der Waals surface area contributed by atoms with Crippen molar-refractivity contribution in [1.82, 2.24) is 0 Å². The smallest absolute Gasteiger partial charge is 0.270 e. The summed E-state index contributed by atoms with van der Waals surface area (Å²) in [6.45, 7) is 0. The van der Waals surface area contributed by atoms with Gasteiger partial charge in [0.15, 0.2) is 0 Å². The fourth-order valence-corrected chi connectivity index (χ4v) is 1.86. The first-order chi connectivity index (χ1) is 9.60. The van der Waals surface area contributed by atoms with Crippen molar-refractivity contribution in [3.63, 3.8) is 0 Å². The molecule has 0 saturated heterocycles. The summed E-state index contributed by atoms with van der Waals surface area (Å²) in [4.78, 5) is 22.2. The van der Waals surface area contributed by atoms with Crippen molar-refractivity contribution in [2.24, 2.45) is 0 Å². The van der Waals surface area contributed by atoms with Crippen molar-refractivity contribution < 1.29 is 9.72 Å². The van der Waals surface area contributed by atoms with E-state index in [4.69, 9.17) is 11.6 Å². The zero-order valence-electron chi connectivity index (χ0n) is 10.4. The Kier molecular flexibility index (Phi) is 4.32. The minimum Gasteiger partial charge on any atom is -0.322 e. The van der Waals surface area contributed by atoms with Gasteiger partial charge in [-0.05, 0) is 23.8 Å². The number of carbonyl (C=O) groups is 1. The number of nitrogens with zero attached hydrogens (tertiary/aromatic N) is 1. The molecule has 2 aromatic rings. The molecule has 0 aliphatic rings. The SMILES string of the molecule is O=C(Nc1cccc(CCl)c1)c1cccc([N+](=O)[O-])c1. The number of nitro groups is 1. The van der Waals surface area contributed by atoms with E-state index in [-0.39, 0.29) is 11.3 Å². The number of amides is 1. The second-order valence-electron chi connectivity index (χ2n) is 4.10. The number of hydrogen-bond acceptors (Lipinski definition) is 3. The fourth-order valence-electron chi connectivity index (χ4n) is 1.70. The Labute approximate surface area is 120 Å². The van der Waals surface area contributed by atoms with E-state index in [0.717, 1.165) is 5.56 Å². The molecule has 0 atom stereocenters. The van der Waals surface area contributed by atoms with E-state index >= 15 is 0 Å². The minimum atomic E-state index is -0.537. The molecule has 102 valence electrons. The standard InChI is InChI=1S/C14H11ClN2O3/c15-9-10-3-1-5-12(7-10)16-14(18)11-4-2-6-13(8-11)17(19)20/h1-8H,9H2,(H,16,18). The first-order valence-corrected chi connectivity index (χ1v) is 6.34. The predicted molar refractivity (Wildman–Crippen MR) is 77.0 cm³/mol. The molecule has 0 aromatic heterocycles. The number of non-ortho nitro benzene ring substituents is 1.